The zero-order chi connectivity index (χ0) is 20.4. The van der Waals surface area contributed by atoms with Crippen LogP contribution in [0, 0.1) is 12.8 Å². The summed E-state index contributed by atoms with van der Waals surface area (Å²) in [4.78, 5) is 33.4. The van der Waals surface area contributed by atoms with E-state index < -0.39 is 6.10 Å². The number of benzene rings is 1. The molecule has 0 fully saturated rings. The van der Waals surface area contributed by atoms with Crippen molar-refractivity contribution in [2.75, 3.05) is 28.6 Å². The van der Waals surface area contributed by atoms with Crippen LogP contribution in [-0.4, -0.2) is 36.0 Å². The van der Waals surface area contributed by atoms with Gasteiger partial charge in [-0.2, -0.15) is 0 Å². The number of hydrogen-bond acceptors (Lipinski definition) is 5. The highest BCUT2D eigenvalue weighted by molar-refractivity contribution is 6.06. The van der Waals surface area contributed by atoms with Crippen LogP contribution < -0.4 is 20.3 Å². The molecule has 0 spiro atoms. The molecule has 7 heteroatoms. The summed E-state index contributed by atoms with van der Waals surface area (Å²) in [5.74, 6) is 0.487. The molecule has 1 aliphatic rings. The largest absolute Gasteiger partial charge is 0.476 e. The summed E-state index contributed by atoms with van der Waals surface area (Å²) >= 11 is 0. The molecule has 148 valence electrons. The highest BCUT2D eigenvalue weighted by Gasteiger charge is 2.38. The Morgan fingerprint density at radius 1 is 1.32 bits per heavy atom. The number of aromatic nitrogens is 1. The minimum Gasteiger partial charge on any atom is -0.476 e. The number of carbonyl (C=O) groups is 2. The predicted octanol–water partition coefficient (Wildman–Crippen LogP) is 2.78. The third-order valence-corrected chi connectivity index (χ3v) is 4.71. The minimum atomic E-state index is -0.667. The Balaban J connectivity index is 1.93. The normalized spacial score (nSPS) is 16.0. The van der Waals surface area contributed by atoms with E-state index in [4.69, 9.17) is 10.5 Å². The molecule has 0 aliphatic carbocycles. The molecule has 1 aromatic carbocycles. The lowest BCUT2D eigenvalue weighted by molar-refractivity contribution is -0.130. The van der Waals surface area contributed by atoms with E-state index in [1.165, 1.54) is 4.90 Å². The van der Waals surface area contributed by atoms with Gasteiger partial charge in [0.25, 0.3) is 5.91 Å². The number of pyridine rings is 1. The Hall–Kier alpha value is -3.09. The Morgan fingerprint density at radius 3 is 2.71 bits per heavy atom. The van der Waals surface area contributed by atoms with Crippen LogP contribution in [0.5, 0.6) is 5.75 Å². The van der Waals surface area contributed by atoms with E-state index in [1.54, 1.807) is 17.0 Å². The van der Waals surface area contributed by atoms with Crippen LogP contribution in [-0.2, 0) is 9.59 Å². The smallest absolute Gasteiger partial charge is 0.270 e. The topological polar surface area (TPSA) is 88.8 Å². The number of amides is 2. The number of carbonyl (C=O) groups excluding carboxylic acids is 2. The van der Waals surface area contributed by atoms with Crippen LogP contribution in [0.4, 0.5) is 17.3 Å². The van der Waals surface area contributed by atoms with Crippen molar-refractivity contribution in [2.45, 2.75) is 33.8 Å². The fourth-order valence-corrected chi connectivity index (χ4v) is 3.27. The SMILES string of the molecule is CCN(C(=O)CN1C(=O)C(C(C)C)Oc2ccc(N)nc21)c1cccc(C)c1. The third kappa shape index (κ3) is 3.78. The molecule has 0 saturated heterocycles. The van der Waals surface area contributed by atoms with Crippen LogP contribution in [0.1, 0.15) is 26.3 Å². The van der Waals surface area contributed by atoms with Gasteiger partial charge in [0.15, 0.2) is 17.7 Å². The van der Waals surface area contributed by atoms with Gasteiger partial charge < -0.3 is 15.4 Å². The Kier molecular flexibility index (Phi) is 5.53. The van der Waals surface area contributed by atoms with Gasteiger partial charge in [-0.25, -0.2) is 4.98 Å². The van der Waals surface area contributed by atoms with Gasteiger partial charge in [0.1, 0.15) is 12.4 Å². The molecule has 28 heavy (non-hydrogen) atoms. The predicted molar refractivity (Wildman–Crippen MR) is 109 cm³/mol. The van der Waals surface area contributed by atoms with Gasteiger partial charge >= 0.3 is 0 Å². The summed E-state index contributed by atoms with van der Waals surface area (Å²) in [6, 6.07) is 11.0. The first-order valence-corrected chi connectivity index (χ1v) is 9.43. The number of fused-ring (bicyclic) bond motifs is 1. The van der Waals surface area contributed by atoms with Crippen molar-refractivity contribution in [1.82, 2.24) is 4.98 Å². The van der Waals surface area contributed by atoms with E-state index in [9.17, 15) is 9.59 Å². The first-order valence-electron chi connectivity index (χ1n) is 9.43. The van der Waals surface area contributed by atoms with E-state index >= 15 is 0 Å². The standard InChI is InChI=1S/C21H26N4O3/c1-5-24(15-8-6-7-14(4)11-15)18(26)12-25-20-16(9-10-17(22)23-20)28-19(13(2)3)21(25)27/h6-11,13,19H,5,12H2,1-4H3,(H2,22,23). The first-order chi connectivity index (χ1) is 13.3. The lowest BCUT2D eigenvalue weighted by Crippen LogP contribution is -2.52. The zero-order valence-corrected chi connectivity index (χ0v) is 16.7. The molecule has 2 heterocycles. The monoisotopic (exact) mass is 382 g/mol. The first kappa shape index (κ1) is 19.7. The number of nitrogens with zero attached hydrogens (tertiary/aromatic N) is 3. The van der Waals surface area contributed by atoms with Gasteiger partial charge in [0.2, 0.25) is 5.91 Å². The van der Waals surface area contributed by atoms with Crippen molar-refractivity contribution in [3.05, 3.63) is 42.0 Å². The second-order valence-corrected chi connectivity index (χ2v) is 7.24. The number of aryl methyl sites for hydroxylation is 1. The number of likely N-dealkylation sites (N-methyl/N-ethyl adjacent to an activating group) is 1. The zero-order valence-electron chi connectivity index (χ0n) is 16.7. The molecular formula is C21H26N4O3. The average molecular weight is 382 g/mol. The lowest BCUT2D eigenvalue weighted by Gasteiger charge is -2.35. The molecule has 2 amide bonds. The van der Waals surface area contributed by atoms with Crippen molar-refractivity contribution >= 4 is 29.1 Å². The van der Waals surface area contributed by atoms with E-state index in [-0.39, 0.29) is 35.9 Å². The van der Waals surface area contributed by atoms with Gasteiger partial charge in [0, 0.05) is 12.2 Å². The van der Waals surface area contributed by atoms with Crippen molar-refractivity contribution < 1.29 is 14.3 Å². The lowest BCUT2D eigenvalue weighted by atomic mass is 10.0. The fraction of sp³-hybridized carbons (Fsp3) is 0.381. The second kappa shape index (κ2) is 7.88. The van der Waals surface area contributed by atoms with Crippen LogP contribution >= 0.6 is 0 Å². The van der Waals surface area contributed by atoms with E-state index in [1.807, 2.05) is 52.0 Å². The average Bonchev–Trinajstić information content (AvgIpc) is 2.64. The maximum absolute atomic E-state index is 13.1. The molecule has 1 aliphatic heterocycles. The molecule has 0 bridgehead atoms. The van der Waals surface area contributed by atoms with Crippen molar-refractivity contribution in [3.8, 4) is 5.75 Å². The van der Waals surface area contributed by atoms with Crippen LogP contribution in [0.25, 0.3) is 0 Å². The van der Waals surface area contributed by atoms with Gasteiger partial charge in [-0.1, -0.05) is 26.0 Å². The summed E-state index contributed by atoms with van der Waals surface area (Å²) < 4.78 is 5.83. The molecule has 7 nitrogen and oxygen atoms in total. The second-order valence-electron chi connectivity index (χ2n) is 7.24. The fourth-order valence-electron chi connectivity index (χ4n) is 3.27. The molecule has 2 aromatic rings. The van der Waals surface area contributed by atoms with Gasteiger partial charge in [-0.3, -0.25) is 14.5 Å². The quantitative estimate of drug-likeness (QED) is 0.859. The van der Waals surface area contributed by atoms with Gasteiger partial charge in [0.05, 0.1) is 0 Å². The molecule has 0 saturated carbocycles. The number of anilines is 3. The van der Waals surface area contributed by atoms with Crippen molar-refractivity contribution in [1.29, 1.82) is 0 Å². The number of nitrogens with two attached hydrogens (primary N) is 1. The minimum absolute atomic E-state index is 0.0464. The third-order valence-electron chi connectivity index (χ3n) is 4.71. The maximum atomic E-state index is 13.1. The summed E-state index contributed by atoms with van der Waals surface area (Å²) in [6.07, 6.45) is -0.667. The molecular weight excluding hydrogens is 356 g/mol. The van der Waals surface area contributed by atoms with Gasteiger partial charge in [-0.05, 0) is 49.6 Å². The summed E-state index contributed by atoms with van der Waals surface area (Å²) in [5.41, 5.74) is 7.67. The Labute approximate surface area is 165 Å². The highest BCUT2D eigenvalue weighted by Crippen LogP contribution is 2.34. The number of hydrogen-bond donors (Lipinski definition) is 1. The molecule has 1 unspecified atom stereocenters. The van der Waals surface area contributed by atoms with E-state index in [0.717, 1.165) is 11.3 Å². The molecule has 1 aromatic heterocycles. The number of rotatable bonds is 5. The molecule has 2 N–H and O–H groups in total. The van der Waals surface area contributed by atoms with E-state index in [0.29, 0.717) is 12.3 Å². The van der Waals surface area contributed by atoms with Crippen molar-refractivity contribution in [2.24, 2.45) is 5.92 Å². The Morgan fingerprint density at radius 2 is 2.07 bits per heavy atom. The summed E-state index contributed by atoms with van der Waals surface area (Å²) in [5, 5.41) is 0. The number of ether oxygens (including phenoxy) is 1. The van der Waals surface area contributed by atoms with Crippen LogP contribution in [0.2, 0.25) is 0 Å². The van der Waals surface area contributed by atoms with Crippen LogP contribution in [0.3, 0.4) is 0 Å². The summed E-state index contributed by atoms with van der Waals surface area (Å²) in [6.45, 7) is 8.06. The summed E-state index contributed by atoms with van der Waals surface area (Å²) in [7, 11) is 0. The highest BCUT2D eigenvalue weighted by atomic mass is 16.5. The number of nitrogen functional groups attached to an aromatic ring is 1. The van der Waals surface area contributed by atoms with Gasteiger partial charge in [-0.15, -0.1) is 0 Å². The van der Waals surface area contributed by atoms with Crippen LogP contribution in [0.15, 0.2) is 36.4 Å². The molecule has 3 rings (SSSR count). The molecule has 1 atom stereocenters. The molecule has 0 radical (unpaired) electrons. The Bertz CT molecular complexity index is 897. The van der Waals surface area contributed by atoms with Crippen molar-refractivity contribution in [3.63, 3.8) is 0 Å². The van der Waals surface area contributed by atoms with E-state index in [2.05, 4.69) is 4.98 Å². The maximum Gasteiger partial charge on any atom is 0.270 e.